The fraction of sp³-hybridized carbons (Fsp3) is 0.833. The highest BCUT2D eigenvalue weighted by Crippen LogP contribution is 2.26. The molecule has 2 rings (SSSR count). The minimum Gasteiger partial charge on any atom is -0.481 e. The first-order chi connectivity index (χ1) is 7.83. The molecule has 0 spiro atoms. The van der Waals surface area contributed by atoms with Gasteiger partial charge in [-0.05, 0) is 26.7 Å². The van der Waals surface area contributed by atoms with E-state index < -0.39 is 0 Å². The van der Waals surface area contributed by atoms with Crippen molar-refractivity contribution < 1.29 is 9.47 Å². The Labute approximate surface area is 96.8 Å². The van der Waals surface area contributed by atoms with Gasteiger partial charge >= 0.3 is 0 Å². The number of rotatable bonds is 3. The van der Waals surface area contributed by atoms with Crippen molar-refractivity contribution in [3.8, 4) is 0 Å². The molecule has 2 aliphatic heterocycles. The zero-order chi connectivity index (χ0) is 11.4. The summed E-state index contributed by atoms with van der Waals surface area (Å²) in [5, 5.41) is 0. The predicted octanol–water partition coefficient (Wildman–Crippen LogP) is 2.18. The second-order valence-corrected chi connectivity index (χ2v) is 4.12. The summed E-state index contributed by atoms with van der Waals surface area (Å²) in [4.78, 5) is 9.17. The third-order valence-corrected chi connectivity index (χ3v) is 2.99. The lowest BCUT2D eigenvalue weighted by atomic mass is 10.0. The van der Waals surface area contributed by atoms with E-state index in [-0.39, 0.29) is 0 Å². The number of hydrogen-bond donors (Lipinski definition) is 0. The van der Waals surface area contributed by atoms with Crippen molar-refractivity contribution in [2.75, 3.05) is 13.2 Å². The average molecular weight is 224 g/mol. The summed E-state index contributed by atoms with van der Waals surface area (Å²) >= 11 is 0. The molecule has 0 aromatic heterocycles. The van der Waals surface area contributed by atoms with E-state index >= 15 is 0 Å². The third kappa shape index (κ3) is 2.54. The maximum absolute atomic E-state index is 5.44. The zero-order valence-corrected chi connectivity index (χ0v) is 10.1. The van der Waals surface area contributed by atoms with Gasteiger partial charge in [0.15, 0.2) is 11.8 Å². The predicted molar refractivity (Wildman–Crippen MR) is 64.2 cm³/mol. The van der Waals surface area contributed by atoms with Crippen LogP contribution in [0.3, 0.4) is 0 Å². The first-order valence-electron chi connectivity index (χ1n) is 6.22. The molecule has 0 aromatic rings. The number of nitrogens with zero attached hydrogens (tertiary/aromatic N) is 2. The van der Waals surface area contributed by atoms with Crippen molar-refractivity contribution in [1.82, 2.24) is 0 Å². The van der Waals surface area contributed by atoms with Crippen molar-refractivity contribution >= 4 is 11.8 Å². The molecule has 0 amide bonds. The Kier molecular flexibility index (Phi) is 3.80. The minimum atomic E-state index is 0.319. The summed E-state index contributed by atoms with van der Waals surface area (Å²) in [6, 6.07) is 0.638. The highest BCUT2D eigenvalue weighted by molar-refractivity contribution is 5.80. The molecule has 2 atom stereocenters. The van der Waals surface area contributed by atoms with Crippen molar-refractivity contribution in [2.45, 2.75) is 51.6 Å². The first-order valence-corrected chi connectivity index (χ1v) is 6.22. The van der Waals surface area contributed by atoms with Crippen LogP contribution < -0.4 is 0 Å². The van der Waals surface area contributed by atoms with E-state index in [1.54, 1.807) is 0 Å². The maximum atomic E-state index is 5.44. The molecule has 2 heterocycles. The van der Waals surface area contributed by atoms with E-state index in [2.05, 4.69) is 9.98 Å². The lowest BCUT2D eigenvalue weighted by Gasteiger charge is -2.10. The van der Waals surface area contributed by atoms with Gasteiger partial charge in [-0.25, -0.2) is 0 Å². The topological polar surface area (TPSA) is 43.2 Å². The van der Waals surface area contributed by atoms with Gasteiger partial charge in [-0.15, -0.1) is 0 Å². The van der Waals surface area contributed by atoms with Gasteiger partial charge in [0.25, 0.3) is 0 Å². The zero-order valence-electron chi connectivity index (χ0n) is 10.1. The number of aliphatic imine (C=N–C) groups is 2. The summed E-state index contributed by atoms with van der Waals surface area (Å²) < 4.78 is 10.9. The molecular formula is C12H20N2O2. The van der Waals surface area contributed by atoms with Crippen molar-refractivity contribution in [3.63, 3.8) is 0 Å². The van der Waals surface area contributed by atoms with Crippen LogP contribution in [-0.4, -0.2) is 37.1 Å². The van der Waals surface area contributed by atoms with Crippen LogP contribution in [0.2, 0.25) is 0 Å². The molecule has 4 heteroatoms. The van der Waals surface area contributed by atoms with Gasteiger partial charge in [0.2, 0.25) is 0 Å². The summed E-state index contributed by atoms with van der Waals surface area (Å²) in [7, 11) is 0. The van der Waals surface area contributed by atoms with E-state index in [1.165, 1.54) is 0 Å². The quantitative estimate of drug-likeness (QED) is 0.737. The molecule has 90 valence electrons. The monoisotopic (exact) mass is 224 g/mol. The Morgan fingerprint density at radius 2 is 1.38 bits per heavy atom. The van der Waals surface area contributed by atoms with Gasteiger partial charge in [-0.1, -0.05) is 0 Å². The van der Waals surface area contributed by atoms with E-state index in [4.69, 9.17) is 9.47 Å². The standard InChI is InChI=1S/C12H20N2O2/c1-3-15-11-7-5-9(13-11)10-6-8-12(14-10)16-4-2/h9-10H,3-8H2,1-2H3. The normalized spacial score (nSPS) is 28.9. The minimum absolute atomic E-state index is 0.319. The Hall–Kier alpha value is -1.06. The lowest BCUT2D eigenvalue weighted by Crippen LogP contribution is -2.17. The lowest BCUT2D eigenvalue weighted by molar-refractivity contribution is 0.320. The number of hydrogen-bond acceptors (Lipinski definition) is 4. The van der Waals surface area contributed by atoms with Crippen molar-refractivity contribution in [1.29, 1.82) is 0 Å². The Morgan fingerprint density at radius 1 is 0.938 bits per heavy atom. The van der Waals surface area contributed by atoms with E-state index in [0.29, 0.717) is 25.3 Å². The Bertz CT molecular complexity index is 269. The van der Waals surface area contributed by atoms with Gasteiger partial charge in [0.05, 0.1) is 25.3 Å². The van der Waals surface area contributed by atoms with Gasteiger partial charge in [0.1, 0.15) is 0 Å². The summed E-state index contributed by atoms with van der Waals surface area (Å²) in [6.07, 6.45) is 4.08. The molecule has 4 nitrogen and oxygen atoms in total. The van der Waals surface area contributed by atoms with Crippen LogP contribution in [0.1, 0.15) is 39.5 Å². The fourth-order valence-electron chi connectivity index (χ4n) is 2.28. The molecule has 0 saturated heterocycles. The largest absolute Gasteiger partial charge is 0.481 e. The van der Waals surface area contributed by atoms with Gasteiger partial charge in [0, 0.05) is 12.8 Å². The molecule has 0 aliphatic carbocycles. The summed E-state index contributed by atoms with van der Waals surface area (Å²) in [5.74, 6) is 1.82. The first kappa shape index (κ1) is 11.4. The maximum Gasteiger partial charge on any atom is 0.183 e. The number of ether oxygens (including phenoxy) is 2. The Morgan fingerprint density at radius 3 is 1.75 bits per heavy atom. The SMILES string of the molecule is CCOC1=NC(C2CCC(OCC)=N2)CC1. The van der Waals surface area contributed by atoms with Crippen LogP contribution in [0, 0.1) is 0 Å². The van der Waals surface area contributed by atoms with Crippen LogP contribution in [0.4, 0.5) is 0 Å². The molecule has 0 bridgehead atoms. The van der Waals surface area contributed by atoms with Gasteiger partial charge in [-0.2, -0.15) is 0 Å². The van der Waals surface area contributed by atoms with E-state index in [9.17, 15) is 0 Å². The molecule has 0 N–H and O–H groups in total. The molecule has 0 radical (unpaired) electrons. The van der Waals surface area contributed by atoms with Crippen molar-refractivity contribution in [2.24, 2.45) is 9.98 Å². The highest BCUT2D eigenvalue weighted by atomic mass is 16.5. The van der Waals surface area contributed by atoms with Crippen LogP contribution in [0.5, 0.6) is 0 Å². The molecule has 16 heavy (non-hydrogen) atoms. The van der Waals surface area contributed by atoms with Crippen LogP contribution in [0.15, 0.2) is 9.98 Å². The highest BCUT2D eigenvalue weighted by Gasteiger charge is 2.30. The second kappa shape index (κ2) is 5.32. The van der Waals surface area contributed by atoms with Crippen LogP contribution >= 0.6 is 0 Å². The van der Waals surface area contributed by atoms with Crippen LogP contribution in [0.25, 0.3) is 0 Å². The molecule has 2 unspecified atom stereocenters. The summed E-state index contributed by atoms with van der Waals surface area (Å²) in [6.45, 7) is 5.42. The molecule has 0 saturated carbocycles. The molecule has 0 fully saturated rings. The van der Waals surface area contributed by atoms with Crippen molar-refractivity contribution in [3.05, 3.63) is 0 Å². The molecular weight excluding hydrogens is 204 g/mol. The van der Waals surface area contributed by atoms with Gasteiger partial charge in [-0.3, -0.25) is 9.98 Å². The molecule has 2 aliphatic rings. The van der Waals surface area contributed by atoms with E-state index in [1.807, 2.05) is 13.8 Å². The second-order valence-electron chi connectivity index (χ2n) is 4.12. The molecule has 0 aromatic carbocycles. The summed E-state index contributed by atoms with van der Waals surface area (Å²) in [5.41, 5.74) is 0. The van der Waals surface area contributed by atoms with E-state index in [0.717, 1.165) is 37.5 Å². The fourth-order valence-corrected chi connectivity index (χ4v) is 2.28. The van der Waals surface area contributed by atoms with Gasteiger partial charge < -0.3 is 9.47 Å². The smallest absolute Gasteiger partial charge is 0.183 e. The Balaban J connectivity index is 1.90. The third-order valence-electron chi connectivity index (χ3n) is 2.99. The average Bonchev–Trinajstić information content (AvgIpc) is 2.87. The van der Waals surface area contributed by atoms with Crippen LogP contribution in [-0.2, 0) is 9.47 Å².